The zero-order valence-corrected chi connectivity index (χ0v) is 14.8. The number of fused-ring (bicyclic) bond motifs is 1. The lowest BCUT2D eigenvalue weighted by molar-refractivity contribution is -0.137. The average Bonchev–Trinajstić information content (AvgIpc) is 3.17. The number of carbonyl (C=O) groups excluding carboxylic acids is 1. The number of halogens is 3. The molecule has 1 aromatic carbocycles. The van der Waals surface area contributed by atoms with Gasteiger partial charge in [0.2, 0.25) is 5.91 Å². The van der Waals surface area contributed by atoms with Crippen molar-refractivity contribution in [2.45, 2.75) is 12.2 Å². The minimum Gasteiger partial charge on any atom is -0.307 e. The molecule has 0 aliphatic carbocycles. The summed E-state index contributed by atoms with van der Waals surface area (Å²) in [5.74, 6) is 0.233. The van der Waals surface area contributed by atoms with E-state index in [4.69, 9.17) is 5.26 Å². The van der Waals surface area contributed by atoms with Crippen LogP contribution in [0.1, 0.15) is 5.56 Å². The fourth-order valence-electron chi connectivity index (χ4n) is 3.60. The standard InChI is InChI=1S/C18H17F3N6O/c19-18(20,21)13-2-1-3-14(8-13)26-10-16(23-12-26)27-7-6-25-5-4-24(11-22)9-15(25)17(27)28/h1-3,8,10,12,15H,4-7,9H2. The molecule has 28 heavy (non-hydrogen) atoms. The number of nitrogens with zero attached hydrogens (tertiary/aromatic N) is 6. The molecule has 2 aliphatic rings. The Morgan fingerprint density at radius 1 is 1.18 bits per heavy atom. The highest BCUT2D eigenvalue weighted by Gasteiger charge is 2.39. The van der Waals surface area contributed by atoms with Crippen molar-refractivity contribution < 1.29 is 18.0 Å². The second-order valence-electron chi connectivity index (χ2n) is 6.77. The third-order valence-corrected chi connectivity index (χ3v) is 5.11. The molecule has 7 nitrogen and oxygen atoms in total. The molecule has 1 unspecified atom stereocenters. The van der Waals surface area contributed by atoms with E-state index in [0.29, 0.717) is 44.2 Å². The zero-order chi connectivity index (χ0) is 19.9. The van der Waals surface area contributed by atoms with E-state index in [1.54, 1.807) is 17.2 Å². The molecule has 2 aromatic rings. The third kappa shape index (κ3) is 3.29. The fraction of sp³-hybridized carbons (Fsp3) is 0.389. The van der Waals surface area contributed by atoms with Crippen molar-refractivity contribution >= 4 is 11.7 Å². The lowest BCUT2D eigenvalue weighted by atomic mass is 10.1. The first-order valence-corrected chi connectivity index (χ1v) is 8.78. The number of nitriles is 1. The summed E-state index contributed by atoms with van der Waals surface area (Å²) in [4.78, 5) is 22.3. The summed E-state index contributed by atoms with van der Waals surface area (Å²) < 4.78 is 40.3. The van der Waals surface area contributed by atoms with Crippen LogP contribution in [0.3, 0.4) is 0 Å². The minimum absolute atomic E-state index is 0.152. The van der Waals surface area contributed by atoms with Crippen LogP contribution in [-0.4, -0.2) is 64.0 Å². The average molecular weight is 390 g/mol. The van der Waals surface area contributed by atoms with Crippen LogP contribution in [0, 0.1) is 11.5 Å². The first kappa shape index (κ1) is 18.3. The quantitative estimate of drug-likeness (QED) is 0.731. The van der Waals surface area contributed by atoms with Gasteiger partial charge in [-0.25, -0.2) is 4.98 Å². The van der Waals surface area contributed by atoms with E-state index in [0.717, 1.165) is 12.1 Å². The maximum atomic E-state index is 12.9. The maximum absolute atomic E-state index is 12.9. The topological polar surface area (TPSA) is 68.4 Å². The van der Waals surface area contributed by atoms with Crippen molar-refractivity contribution in [2.75, 3.05) is 37.6 Å². The van der Waals surface area contributed by atoms with Gasteiger partial charge in [-0.3, -0.25) is 14.6 Å². The molecule has 1 atom stereocenters. The molecule has 4 rings (SSSR count). The van der Waals surface area contributed by atoms with E-state index in [2.05, 4.69) is 16.1 Å². The number of rotatable bonds is 2. The normalized spacial score (nSPS) is 20.8. The Morgan fingerprint density at radius 2 is 1.96 bits per heavy atom. The number of imidazole rings is 1. The third-order valence-electron chi connectivity index (χ3n) is 5.11. The first-order valence-electron chi connectivity index (χ1n) is 8.78. The van der Waals surface area contributed by atoms with Crippen LogP contribution in [0.25, 0.3) is 5.69 Å². The molecule has 0 spiro atoms. The highest BCUT2D eigenvalue weighted by Crippen LogP contribution is 2.30. The Morgan fingerprint density at radius 3 is 2.71 bits per heavy atom. The first-order chi connectivity index (χ1) is 13.4. The number of amides is 1. The summed E-state index contributed by atoms with van der Waals surface area (Å²) in [6.45, 7) is 2.69. The van der Waals surface area contributed by atoms with E-state index >= 15 is 0 Å². The summed E-state index contributed by atoms with van der Waals surface area (Å²) in [5.41, 5.74) is -0.434. The summed E-state index contributed by atoms with van der Waals surface area (Å²) in [6, 6.07) is 4.51. The van der Waals surface area contributed by atoms with Gasteiger partial charge in [0.25, 0.3) is 0 Å². The zero-order valence-electron chi connectivity index (χ0n) is 14.8. The molecular weight excluding hydrogens is 373 g/mol. The lowest BCUT2D eigenvalue weighted by Crippen LogP contribution is -2.64. The fourth-order valence-corrected chi connectivity index (χ4v) is 3.60. The Hall–Kier alpha value is -3.06. The van der Waals surface area contributed by atoms with Gasteiger partial charge in [-0.15, -0.1) is 0 Å². The molecule has 3 heterocycles. The summed E-state index contributed by atoms with van der Waals surface area (Å²) in [7, 11) is 0. The molecule has 10 heteroatoms. The molecule has 2 aliphatic heterocycles. The van der Waals surface area contributed by atoms with Gasteiger partial charge in [0, 0.05) is 31.9 Å². The summed E-state index contributed by atoms with van der Waals surface area (Å²) in [6.07, 6.45) is 0.593. The predicted molar refractivity (Wildman–Crippen MR) is 93.5 cm³/mol. The monoisotopic (exact) mass is 390 g/mol. The van der Waals surface area contributed by atoms with Gasteiger partial charge in [0.05, 0.1) is 18.3 Å². The van der Waals surface area contributed by atoms with E-state index < -0.39 is 17.8 Å². The molecule has 0 bridgehead atoms. The van der Waals surface area contributed by atoms with Crippen molar-refractivity contribution in [3.8, 4) is 11.9 Å². The summed E-state index contributed by atoms with van der Waals surface area (Å²) in [5, 5.41) is 9.10. The molecule has 1 amide bonds. The number of anilines is 1. The molecule has 2 fully saturated rings. The van der Waals surface area contributed by atoms with E-state index in [9.17, 15) is 18.0 Å². The van der Waals surface area contributed by atoms with E-state index in [-0.39, 0.29) is 5.91 Å². The number of carbonyl (C=O) groups is 1. The highest BCUT2D eigenvalue weighted by atomic mass is 19.4. The predicted octanol–water partition coefficient (Wildman–Crippen LogP) is 1.70. The van der Waals surface area contributed by atoms with E-state index in [1.807, 2.05) is 0 Å². The van der Waals surface area contributed by atoms with Crippen LogP contribution >= 0.6 is 0 Å². The second-order valence-corrected chi connectivity index (χ2v) is 6.77. The van der Waals surface area contributed by atoms with Gasteiger partial charge in [-0.1, -0.05) is 6.07 Å². The summed E-state index contributed by atoms with van der Waals surface area (Å²) >= 11 is 0. The molecule has 0 N–H and O–H groups in total. The van der Waals surface area contributed by atoms with Crippen molar-refractivity contribution in [3.05, 3.63) is 42.4 Å². The van der Waals surface area contributed by atoms with E-state index in [1.165, 1.54) is 21.9 Å². The molecule has 0 radical (unpaired) electrons. The number of hydrogen-bond acceptors (Lipinski definition) is 5. The Kier molecular flexibility index (Phi) is 4.47. The van der Waals surface area contributed by atoms with Gasteiger partial charge >= 0.3 is 6.18 Å². The Labute approximate surface area is 159 Å². The van der Waals surface area contributed by atoms with Crippen LogP contribution in [-0.2, 0) is 11.0 Å². The largest absolute Gasteiger partial charge is 0.416 e. The number of alkyl halides is 3. The van der Waals surface area contributed by atoms with Crippen LogP contribution in [0.2, 0.25) is 0 Å². The lowest BCUT2D eigenvalue weighted by Gasteiger charge is -2.44. The number of aromatic nitrogens is 2. The molecule has 2 saturated heterocycles. The van der Waals surface area contributed by atoms with Crippen molar-refractivity contribution in [2.24, 2.45) is 0 Å². The maximum Gasteiger partial charge on any atom is 0.416 e. The van der Waals surface area contributed by atoms with Crippen molar-refractivity contribution in [1.82, 2.24) is 19.4 Å². The SMILES string of the molecule is N#CN1CCN2CCN(c3cn(-c4cccc(C(F)(F)F)c4)cn3)C(=O)C2C1. The number of benzene rings is 1. The minimum atomic E-state index is -4.43. The molecule has 0 saturated carbocycles. The van der Waals surface area contributed by atoms with Crippen LogP contribution in [0.15, 0.2) is 36.8 Å². The van der Waals surface area contributed by atoms with Gasteiger partial charge in [0.1, 0.15) is 12.4 Å². The Balaban J connectivity index is 1.56. The van der Waals surface area contributed by atoms with Crippen LogP contribution < -0.4 is 4.90 Å². The number of hydrogen-bond donors (Lipinski definition) is 0. The van der Waals surface area contributed by atoms with Crippen molar-refractivity contribution in [1.29, 1.82) is 5.26 Å². The molecule has 146 valence electrons. The molecule has 1 aromatic heterocycles. The van der Waals surface area contributed by atoms with Crippen LogP contribution in [0.4, 0.5) is 19.0 Å². The highest BCUT2D eigenvalue weighted by molar-refractivity contribution is 5.97. The van der Waals surface area contributed by atoms with Gasteiger partial charge in [-0.05, 0) is 18.2 Å². The molecular formula is C18H17F3N6O. The Bertz CT molecular complexity index is 934. The van der Waals surface area contributed by atoms with Gasteiger partial charge < -0.3 is 9.47 Å². The van der Waals surface area contributed by atoms with Crippen molar-refractivity contribution in [3.63, 3.8) is 0 Å². The van der Waals surface area contributed by atoms with Gasteiger partial charge in [0.15, 0.2) is 12.0 Å². The van der Waals surface area contributed by atoms with Crippen LogP contribution in [0.5, 0.6) is 0 Å². The van der Waals surface area contributed by atoms with Gasteiger partial charge in [-0.2, -0.15) is 18.4 Å². The number of piperazine rings is 2. The second kappa shape index (κ2) is 6.83. The smallest absolute Gasteiger partial charge is 0.307 e.